The predicted molar refractivity (Wildman–Crippen MR) is 96.4 cm³/mol. The molecule has 1 aromatic rings. The van der Waals surface area contributed by atoms with Crippen LogP contribution in [0.3, 0.4) is 0 Å². The summed E-state index contributed by atoms with van der Waals surface area (Å²) in [6.07, 6.45) is 6.72. The number of piperazine rings is 1. The summed E-state index contributed by atoms with van der Waals surface area (Å²) in [6, 6.07) is 9.04. The first kappa shape index (κ1) is 16.1. The molecule has 1 aromatic carbocycles. The van der Waals surface area contributed by atoms with Crippen LogP contribution in [-0.4, -0.2) is 61.0 Å². The van der Waals surface area contributed by atoms with Crippen molar-refractivity contribution in [3.63, 3.8) is 0 Å². The van der Waals surface area contributed by atoms with E-state index in [0.29, 0.717) is 12.0 Å². The number of nitrogens with one attached hydrogen (secondary N) is 1. The fourth-order valence-electron chi connectivity index (χ4n) is 4.42. The number of likely N-dealkylation sites (tertiary alicyclic amines) is 1. The SMILES string of the molecule is O=C(c1ccc(C2CCCCC2)cc1)N1CC(N2CCNCC2)C1. The van der Waals surface area contributed by atoms with Crippen LogP contribution in [0.15, 0.2) is 24.3 Å². The van der Waals surface area contributed by atoms with Gasteiger partial charge in [-0.15, -0.1) is 0 Å². The molecule has 2 aliphatic heterocycles. The van der Waals surface area contributed by atoms with Gasteiger partial charge in [-0.2, -0.15) is 0 Å². The maximum atomic E-state index is 12.6. The Morgan fingerprint density at radius 3 is 2.29 bits per heavy atom. The minimum Gasteiger partial charge on any atom is -0.335 e. The molecule has 3 fully saturated rings. The van der Waals surface area contributed by atoms with Gasteiger partial charge in [0.05, 0.1) is 0 Å². The molecule has 4 nitrogen and oxygen atoms in total. The molecule has 24 heavy (non-hydrogen) atoms. The molecule has 4 rings (SSSR count). The lowest BCUT2D eigenvalue weighted by Crippen LogP contribution is -2.63. The van der Waals surface area contributed by atoms with Crippen LogP contribution in [-0.2, 0) is 0 Å². The summed E-state index contributed by atoms with van der Waals surface area (Å²) < 4.78 is 0. The van der Waals surface area contributed by atoms with Gasteiger partial charge in [0.1, 0.15) is 0 Å². The topological polar surface area (TPSA) is 35.6 Å². The van der Waals surface area contributed by atoms with Crippen molar-refractivity contribution in [2.75, 3.05) is 39.3 Å². The Morgan fingerprint density at radius 1 is 0.958 bits per heavy atom. The molecule has 0 radical (unpaired) electrons. The molecule has 4 heteroatoms. The van der Waals surface area contributed by atoms with Crippen molar-refractivity contribution >= 4 is 5.91 Å². The van der Waals surface area contributed by atoms with E-state index in [0.717, 1.165) is 44.8 Å². The first-order chi connectivity index (χ1) is 11.8. The van der Waals surface area contributed by atoms with Gasteiger partial charge >= 0.3 is 0 Å². The highest BCUT2D eigenvalue weighted by Gasteiger charge is 2.35. The van der Waals surface area contributed by atoms with Gasteiger partial charge in [-0.05, 0) is 36.5 Å². The minimum atomic E-state index is 0.205. The number of carbonyl (C=O) groups is 1. The fourth-order valence-corrected chi connectivity index (χ4v) is 4.42. The van der Waals surface area contributed by atoms with E-state index in [1.807, 2.05) is 17.0 Å². The summed E-state index contributed by atoms with van der Waals surface area (Å²) in [6.45, 7) is 6.16. The standard InChI is InChI=1S/C20H29N3O/c24-20(23-14-19(15-23)22-12-10-21-11-13-22)18-8-6-17(7-9-18)16-4-2-1-3-5-16/h6-9,16,19,21H,1-5,10-15H2. The lowest BCUT2D eigenvalue weighted by Gasteiger charge is -2.46. The fraction of sp³-hybridized carbons (Fsp3) is 0.650. The van der Waals surface area contributed by atoms with Crippen molar-refractivity contribution < 1.29 is 4.79 Å². The summed E-state index contributed by atoms with van der Waals surface area (Å²) in [4.78, 5) is 17.2. The highest BCUT2D eigenvalue weighted by Crippen LogP contribution is 2.32. The molecule has 1 amide bonds. The van der Waals surface area contributed by atoms with Crippen LogP contribution < -0.4 is 5.32 Å². The minimum absolute atomic E-state index is 0.205. The highest BCUT2D eigenvalue weighted by molar-refractivity contribution is 5.94. The van der Waals surface area contributed by atoms with Crippen LogP contribution in [0.4, 0.5) is 0 Å². The van der Waals surface area contributed by atoms with Crippen LogP contribution in [0.25, 0.3) is 0 Å². The lowest BCUT2D eigenvalue weighted by atomic mass is 9.84. The van der Waals surface area contributed by atoms with E-state index >= 15 is 0 Å². The summed E-state index contributed by atoms with van der Waals surface area (Å²) in [5.41, 5.74) is 2.28. The van der Waals surface area contributed by atoms with Crippen molar-refractivity contribution in [1.82, 2.24) is 15.1 Å². The summed E-state index contributed by atoms with van der Waals surface area (Å²) in [7, 11) is 0. The molecular formula is C20H29N3O. The van der Waals surface area contributed by atoms with Gasteiger partial charge in [-0.25, -0.2) is 0 Å². The molecule has 2 heterocycles. The van der Waals surface area contributed by atoms with Gasteiger partial charge in [0.25, 0.3) is 5.91 Å². The average Bonchev–Trinajstić information content (AvgIpc) is 2.62. The van der Waals surface area contributed by atoms with E-state index in [1.54, 1.807) is 0 Å². The lowest BCUT2D eigenvalue weighted by molar-refractivity contribution is 0.0227. The predicted octanol–water partition coefficient (Wildman–Crippen LogP) is 2.46. The number of carbonyl (C=O) groups excluding carboxylic acids is 1. The Labute approximate surface area is 145 Å². The molecule has 130 valence electrons. The molecule has 0 aromatic heterocycles. The Bertz CT molecular complexity index is 553. The number of hydrogen-bond acceptors (Lipinski definition) is 3. The maximum absolute atomic E-state index is 12.6. The third kappa shape index (κ3) is 3.35. The normalized spacial score (nSPS) is 23.9. The van der Waals surface area contributed by atoms with Crippen LogP contribution in [0.1, 0.15) is 53.9 Å². The molecule has 1 aliphatic carbocycles. The van der Waals surface area contributed by atoms with Gasteiger partial charge in [0.2, 0.25) is 0 Å². The quantitative estimate of drug-likeness (QED) is 0.926. The van der Waals surface area contributed by atoms with Crippen molar-refractivity contribution in [1.29, 1.82) is 0 Å². The molecule has 0 unspecified atom stereocenters. The number of amides is 1. The number of benzene rings is 1. The van der Waals surface area contributed by atoms with Crippen molar-refractivity contribution in [3.05, 3.63) is 35.4 Å². The molecular weight excluding hydrogens is 298 g/mol. The Morgan fingerprint density at radius 2 is 1.62 bits per heavy atom. The third-order valence-electron chi connectivity index (χ3n) is 6.05. The van der Waals surface area contributed by atoms with Gasteiger partial charge in [0.15, 0.2) is 0 Å². The van der Waals surface area contributed by atoms with Crippen LogP contribution in [0, 0.1) is 0 Å². The summed E-state index contributed by atoms with van der Waals surface area (Å²) >= 11 is 0. The molecule has 1 saturated carbocycles. The molecule has 3 aliphatic rings. The monoisotopic (exact) mass is 327 g/mol. The van der Waals surface area contributed by atoms with E-state index in [9.17, 15) is 4.79 Å². The van der Waals surface area contributed by atoms with Crippen LogP contribution in [0.2, 0.25) is 0 Å². The van der Waals surface area contributed by atoms with Gasteiger partial charge in [-0.3, -0.25) is 9.69 Å². The van der Waals surface area contributed by atoms with E-state index in [4.69, 9.17) is 0 Å². The largest absolute Gasteiger partial charge is 0.335 e. The first-order valence-electron chi connectivity index (χ1n) is 9.65. The second-order valence-corrected chi connectivity index (χ2v) is 7.61. The molecule has 2 saturated heterocycles. The Hall–Kier alpha value is -1.39. The van der Waals surface area contributed by atoms with E-state index in [1.165, 1.54) is 37.7 Å². The zero-order valence-corrected chi connectivity index (χ0v) is 14.5. The van der Waals surface area contributed by atoms with Crippen molar-refractivity contribution in [3.8, 4) is 0 Å². The highest BCUT2D eigenvalue weighted by atomic mass is 16.2. The smallest absolute Gasteiger partial charge is 0.253 e. The Balaban J connectivity index is 1.32. The molecule has 0 bridgehead atoms. The summed E-state index contributed by atoms with van der Waals surface area (Å²) in [5.74, 6) is 0.917. The second-order valence-electron chi connectivity index (χ2n) is 7.61. The summed E-state index contributed by atoms with van der Waals surface area (Å²) in [5, 5.41) is 3.39. The van der Waals surface area contributed by atoms with E-state index < -0.39 is 0 Å². The van der Waals surface area contributed by atoms with Crippen LogP contribution in [0.5, 0.6) is 0 Å². The Kier molecular flexibility index (Phi) is 4.86. The zero-order valence-electron chi connectivity index (χ0n) is 14.5. The average molecular weight is 327 g/mol. The van der Waals surface area contributed by atoms with Crippen molar-refractivity contribution in [2.45, 2.75) is 44.1 Å². The van der Waals surface area contributed by atoms with Gasteiger partial charge in [0, 0.05) is 50.9 Å². The zero-order chi connectivity index (χ0) is 16.4. The number of rotatable bonds is 3. The van der Waals surface area contributed by atoms with Crippen LogP contribution >= 0.6 is 0 Å². The maximum Gasteiger partial charge on any atom is 0.253 e. The van der Waals surface area contributed by atoms with E-state index in [2.05, 4.69) is 22.3 Å². The first-order valence-corrected chi connectivity index (χ1v) is 9.65. The van der Waals surface area contributed by atoms with E-state index in [-0.39, 0.29) is 5.91 Å². The van der Waals surface area contributed by atoms with Gasteiger partial charge < -0.3 is 10.2 Å². The molecule has 1 N–H and O–H groups in total. The van der Waals surface area contributed by atoms with Crippen molar-refractivity contribution in [2.24, 2.45) is 0 Å². The van der Waals surface area contributed by atoms with Gasteiger partial charge in [-0.1, -0.05) is 31.4 Å². The number of nitrogens with zero attached hydrogens (tertiary/aromatic N) is 2. The molecule has 0 spiro atoms. The third-order valence-corrected chi connectivity index (χ3v) is 6.05. The number of hydrogen-bond donors (Lipinski definition) is 1. The molecule has 0 atom stereocenters. The second kappa shape index (κ2) is 7.24.